The van der Waals surface area contributed by atoms with Crippen molar-refractivity contribution in [2.24, 2.45) is 0 Å². The Morgan fingerprint density at radius 1 is 0.290 bits per heavy atom. The number of nitrogens with zero attached hydrogens (tertiary/aromatic N) is 7. The topological polar surface area (TPSA) is 104 Å². The first-order valence-corrected chi connectivity index (χ1v) is 30.5. The van der Waals surface area contributed by atoms with Crippen LogP contribution < -0.4 is 0 Å². The second-order valence-electron chi connectivity index (χ2n) is 22.8. The van der Waals surface area contributed by atoms with Gasteiger partial charge >= 0.3 is 0 Å². The van der Waals surface area contributed by atoms with Gasteiger partial charge in [-0.25, -0.2) is 19.9 Å². The minimum Gasteiger partial charge on any atom is -0.292 e. The summed E-state index contributed by atoms with van der Waals surface area (Å²) < 4.78 is 44.1. The fraction of sp³-hybridized carbons (Fsp3) is 0. The van der Waals surface area contributed by atoms with Crippen molar-refractivity contribution in [3.8, 4) is 113 Å². The molecule has 0 unspecified atom stereocenters. The summed E-state index contributed by atoms with van der Waals surface area (Å²) >= 11 is 0. The van der Waals surface area contributed by atoms with Crippen LogP contribution in [0.25, 0.3) is 161 Å². The Morgan fingerprint density at radius 3 is 1.37 bits per heavy atom. The summed E-state index contributed by atoms with van der Waals surface area (Å²) in [6.07, 6.45) is 0. The molecule has 14 aromatic carbocycles. The van der Waals surface area contributed by atoms with E-state index >= 15 is 0 Å². The van der Waals surface area contributed by atoms with Gasteiger partial charge in [-0.1, -0.05) is 255 Å². The van der Waals surface area contributed by atoms with E-state index in [1.807, 2.05) is 158 Å². The Balaban J connectivity index is 0.000000154. The number of benzene rings is 14. The van der Waals surface area contributed by atoms with Crippen molar-refractivity contribution in [3.05, 3.63) is 333 Å². The highest BCUT2D eigenvalue weighted by Crippen LogP contribution is 2.42. The van der Waals surface area contributed by atoms with Crippen LogP contribution in [0.15, 0.2) is 321 Å². The Hall–Kier alpha value is -12.9. The summed E-state index contributed by atoms with van der Waals surface area (Å²) in [7, 11) is 0. The van der Waals surface area contributed by atoms with Crippen molar-refractivity contribution in [1.29, 1.82) is 10.5 Å². The molecule has 0 spiro atoms. The molecule has 432 valence electrons. The first-order valence-electron chi connectivity index (χ1n) is 33.0. The summed E-state index contributed by atoms with van der Waals surface area (Å²) in [4.78, 5) is 20.2. The van der Waals surface area contributed by atoms with Crippen LogP contribution in [-0.2, 0) is 0 Å². The standard InChI is InChI=1S/C47H29N5.C39H24N2/c48-30-32-14-18-34(19-15-32)35-22-24-37(25-23-35)42-27-43(41-13-7-12-40(26-41)36-20-16-33(31-49)17-21-36)29-44(28-42)47-51-45(38-8-3-1-4-9-38)50-46(52-47)39-10-5-2-6-11-39;1-2-10-25(11-3-1)28-22-23-29(32-15-7-6-14-31(28)32)27-19-20-33-34-21-18-26-12-4-5-13-30(26)38(34)39-40-35-16-8-9-17-36(35)41(39)37(33)24-27/h1-29H;1-24H/i;1D,2D,3D,10D,11D. The number of para-hydroxylation sites is 2. The summed E-state index contributed by atoms with van der Waals surface area (Å²) in [6.45, 7) is 0. The molecule has 0 fully saturated rings. The Labute approximate surface area is 544 Å². The number of hydrogen-bond acceptors (Lipinski definition) is 6. The van der Waals surface area contributed by atoms with Gasteiger partial charge in [-0.2, -0.15) is 10.5 Å². The number of fused-ring (bicyclic) bond motifs is 11. The number of hydrogen-bond donors (Lipinski definition) is 0. The van der Waals surface area contributed by atoms with Crippen LogP contribution in [0, 0.1) is 22.7 Å². The minimum absolute atomic E-state index is 0.205. The molecular weight excluding hydrogens is 1130 g/mol. The van der Waals surface area contributed by atoms with E-state index in [1.54, 1.807) is 0 Å². The zero-order valence-electron chi connectivity index (χ0n) is 54.8. The minimum atomic E-state index is -0.394. The van der Waals surface area contributed by atoms with Crippen LogP contribution in [0.2, 0.25) is 0 Å². The van der Waals surface area contributed by atoms with E-state index in [0.717, 1.165) is 121 Å². The predicted octanol–water partition coefficient (Wildman–Crippen LogP) is 21.7. The van der Waals surface area contributed by atoms with Crippen LogP contribution in [-0.4, -0.2) is 24.3 Å². The van der Waals surface area contributed by atoms with Crippen LogP contribution in [0.4, 0.5) is 0 Å². The van der Waals surface area contributed by atoms with Gasteiger partial charge in [0.2, 0.25) is 0 Å². The molecule has 0 atom stereocenters. The summed E-state index contributed by atoms with van der Waals surface area (Å²) in [5.74, 6) is 1.78. The van der Waals surface area contributed by atoms with E-state index in [0.29, 0.717) is 34.2 Å². The molecule has 17 rings (SSSR count). The average Bonchev–Trinajstić information content (AvgIpc) is 1.57. The lowest BCUT2D eigenvalue weighted by Crippen LogP contribution is -2.00. The Bertz CT molecular complexity index is 6040. The van der Waals surface area contributed by atoms with Crippen molar-refractivity contribution < 1.29 is 6.85 Å². The van der Waals surface area contributed by atoms with Gasteiger partial charge < -0.3 is 0 Å². The average molecular weight is 1190 g/mol. The van der Waals surface area contributed by atoms with Crippen LogP contribution in [0.5, 0.6) is 0 Å². The summed E-state index contributed by atoms with van der Waals surface area (Å²) in [5, 5.41) is 26.0. The normalized spacial score (nSPS) is 12.0. The van der Waals surface area contributed by atoms with Gasteiger partial charge in [-0.05, 0) is 160 Å². The van der Waals surface area contributed by atoms with Crippen molar-refractivity contribution in [1.82, 2.24) is 24.3 Å². The lowest BCUT2D eigenvalue weighted by molar-refractivity contribution is 1.07. The van der Waals surface area contributed by atoms with Gasteiger partial charge in [-0.15, -0.1) is 0 Å². The summed E-state index contributed by atoms with van der Waals surface area (Å²) in [5.41, 5.74) is 19.0. The third-order valence-electron chi connectivity index (χ3n) is 17.2. The lowest BCUT2D eigenvalue weighted by atomic mass is 9.91. The van der Waals surface area contributed by atoms with Crippen molar-refractivity contribution in [2.75, 3.05) is 0 Å². The molecule has 7 nitrogen and oxygen atoms in total. The molecule has 0 amide bonds. The van der Waals surface area contributed by atoms with E-state index < -0.39 is 6.04 Å². The molecule has 0 N–H and O–H groups in total. The maximum Gasteiger partial charge on any atom is 0.164 e. The highest BCUT2D eigenvalue weighted by atomic mass is 15.0. The SMILES string of the molecule is N#Cc1ccc(-c2ccc(-c3cc(-c4cccc(-c5ccc(C#N)cc5)c4)cc(-c4nc(-c5ccccc5)nc(-c5ccccc5)n4)c3)cc2)cc1.[2H]c1c([2H])c([2H])c(-c2ccc(-c3ccc4c5ccc6ccccc6c5c5nc6ccccc6n5c4c3)c3ccccc23)c([2H])c1[2H]. The smallest absolute Gasteiger partial charge is 0.164 e. The van der Waals surface area contributed by atoms with E-state index in [-0.39, 0.29) is 29.7 Å². The van der Waals surface area contributed by atoms with Crippen molar-refractivity contribution >= 4 is 59.9 Å². The Morgan fingerprint density at radius 2 is 0.742 bits per heavy atom. The zero-order valence-corrected chi connectivity index (χ0v) is 49.8. The number of aromatic nitrogens is 5. The van der Waals surface area contributed by atoms with Gasteiger partial charge in [-0.3, -0.25) is 4.40 Å². The number of imidazole rings is 1. The third kappa shape index (κ3) is 10.5. The highest BCUT2D eigenvalue weighted by molar-refractivity contribution is 6.23. The maximum absolute atomic E-state index is 9.31. The maximum atomic E-state index is 9.31. The molecule has 7 heteroatoms. The molecule has 93 heavy (non-hydrogen) atoms. The fourth-order valence-electron chi connectivity index (χ4n) is 12.7. The van der Waals surface area contributed by atoms with E-state index in [9.17, 15) is 10.5 Å². The molecule has 0 radical (unpaired) electrons. The fourth-order valence-corrected chi connectivity index (χ4v) is 12.7. The summed E-state index contributed by atoms with van der Waals surface area (Å²) in [6, 6.07) is 101. The predicted molar refractivity (Wildman–Crippen MR) is 381 cm³/mol. The largest absolute Gasteiger partial charge is 0.292 e. The molecule has 17 aromatic rings. The molecule has 3 heterocycles. The second-order valence-corrected chi connectivity index (χ2v) is 22.8. The van der Waals surface area contributed by atoms with Crippen molar-refractivity contribution in [2.45, 2.75) is 0 Å². The molecule has 0 saturated heterocycles. The number of nitriles is 2. The van der Waals surface area contributed by atoms with E-state index in [2.05, 4.69) is 150 Å². The van der Waals surface area contributed by atoms with Crippen LogP contribution >= 0.6 is 0 Å². The first kappa shape index (κ1) is 50.0. The molecule has 0 aliphatic carbocycles. The molecule has 3 aromatic heterocycles. The monoisotopic (exact) mass is 1190 g/mol. The quantitative estimate of drug-likeness (QED) is 0.133. The van der Waals surface area contributed by atoms with Crippen LogP contribution in [0.3, 0.4) is 0 Å². The van der Waals surface area contributed by atoms with Gasteiger partial charge in [0.05, 0.1) is 46.7 Å². The lowest BCUT2D eigenvalue weighted by Gasteiger charge is -2.15. The Kier molecular flexibility index (Phi) is 12.8. The zero-order chi connectivity index (χ0) is 66.5. The van der Waals surface area contributed by atoms with Gasteiger partial charge in [0, 0.05) is 27.5 Å². The first-order chi connectivity index (χ1) is 48.0. The van der Waals surface area contributed by atoms with Crippen LogP contribution in [0.1, 0.15) is 18.0 Å². The van der Waals surface area contributed by atoms with E-state index in [1.165, 1.54) is 10.8 Å². The third-order valence-corrected chi connectivity index (χ3v) is 17.2. The van der Waals surface area contributed by atoms with Crippen molar-refractivity contribution in [3.63, 3.8) is 0 Å². The highest BCUT2D eigenvalue weighted by Gasteiger charge is 2.20. The van der Waals surface area contributed by atoms with Gasteiger partial charge in [0.1, 0.15) is 5.65 Å². The van der Waals surface area contributed by atoms with Gasteiger partial charge in [0.15, 0.2) is 17.5 Å². The molecule has 0 aliphatic heterocycles. The molecule has 0 saturated carbocycles. The number of pyridine rings is 1. The molecule has 0 bridgehead atoms. The molecular formula is C86H53N7. The number of rotatable bonds is 9. The molecule has 0 aliphatic rings. The van der Waals surface area contributed by atoms with Gasteiger partial charge in [0.25, 0.3) is 0 Å². The van der Waals surface area contributed by atoms with E-state index in [4.69, 9.17) is 26.8 Å². The second kappa shape index (κ2) is 23.9.